The number of amides is 9. The van der Waals surface area contributed by atoms with E-state index in [4.69, 9.17) is 17.2 Å². The number of aromatic nitrogens is 3. The van der Waals surface area contributed by atoms with E-state index in [0.29, 0.717) is 23.4 Å². The van der Waals surface area contributed by atoms with Gasteiger partial charge in [0.25, 0.3) is 0 Å². The largest absolute Gasteiger partial charge is 0.370 e. The summed E-state index contributed by atoms with van der Waals surface area (Å²) in [5.41, 5.74) is 18.7. The molecule has 9 amide bonds. The summed E-state index contributed by atoms with van der Waals surface area (Å²) in [7, 11) is 0. The molecule has 0 saturated heterocycles. The minimum atomic E-state index is -1.25. The number of carbonyl (C=O) groups is 9. The number of carbonyl (C=O) groups excluding carboxylic acids is 9. The van der Waals surface area contributed by atoms with Crippen LogP contribution in [0.3, 0.4) is 0 Å². The van der Waals surface area contributed by atoms with Gasteiger partial charge < -0.3 is 64.4 Å². The zero-order valence-electron chi connectivity index (χ0n) is 38.2. The molecule has 0 unspecified atom stereocenters. The number of primary amides is 2. The lowest BCUT2D eigenvalue weighted by atomic mass is 10.0. The Morgan fingerprint density at radius 1 is 0.712 bits per heavy atom. The van der Waals surface area contributed by atoms with E-state index >= 15 is 0 Å². The third kappa shape index (κ3) is 17.5. The Balaban J connectivity index is 1.68. The zero-order chi connectivity index (χ0) is 49.1. The first-order chi connectivity index (χ1) is 31.2. The van der Waals surface area contributed by atoms with Crippen molar-refractivity contribution in [2.24, 2.45) is 29.0 Å². The van der Waals surface area contributed by atoms with E-state index in [2.05, 4.69) is 52.2 Å². The number of para-hydroxylation sites is 1. The molecule has 0 bridgehead atoms. The Bertz CT molecular complexity index is 2150. The quantitative estimate of drug-likeness (QED) is 0.0386. The van der Waals surface area contributed by atoms with Crippen molar-refractivity contribution in [3.63, 3.8) is 0 Å². The van der Waals surface area contributed by atoms with Gasteiger partial charge in [-0.3, -0.25) is 43.2 Å². The van der Waals surface area contributed by atoms with Crippen LogP contribution in [0.25, 0.3) is 10.9 Å². The van der Waals surface area contributed by atoms with Crippen LogP contribution in [0.5, 0.6) is 0 Å². The Morgan fingerprint density at radius 3 is 1.97 bits per heavy atom. The van der Waals surface area contributed by atoms with Gasteiger partial charge in [-0.25, -0.2) is 4.98 Å². The van der Waals surface area contributed by atoms with Gasteiger partial charge in [-0.2, -0.15) is 11.8 Å². The Kier molecular flexibility index (Phi) is 21.6. The molecule has 1 aromatic carbocycles. The molecule has 22 nitrogen and oxygen atoms in total. The highest BCUT2D eigenvalue weighted by atomic mass is 32.2. The number of hydrogen-bond acceptors (Lipinski definition) is 12. The number of H-pyrrole nitrogens is 2. The van der Waals surface area contributed by atoms with E-state index in [1.54, 1.807) is 20.0 Å². The van der Waals surface area contributed by atoms with Gasteiger partial charge in [-0.1, -0.05) is 45.9 Å². The molecule has 0 radical (unpaired) electrons. The number of fused-ring (bicyclic) bond motifs is 1. The Labute approximate surface area is 387 Å². The van der Waals surface area contributed by atoms with Gasteiger partial charge in [0.2, 0.25) is 53.2 Å². The monoisotopic (exact) mass is 939 g/mol. The van der Waals surface area contributed by atoms with E-state index in [0.717, 1.165) is 10.9 Å². The first-order valence-corrected chi connectivity index (χ1v) is 23.0. The van der Waals surface area contributed by atoms with Crippen molar-refractivity contribution >= 4 is 75.8 Å². The summed E-state index contributed by atoms with van der Waals surface area (Å²) in [5, 5.41) is 19.0. The summed E-state index contributed by atoms with van der Waals surface area (Å²) < 4.78 is 0. The van der Waals surface area contributed by atoms with Crippen molar-refractivity contribution < 1.29 is 43.2 Å². The predicted molar refractivity (Wildman–Crippen MR) is 247 cm³/mol. The average molecular weight is 940 g/mol. The molecule has 0 aliphatic rings. The highest BCUT2D eigenvalue weighted by Crippen LogP contribution is 2.19. The smallest absolute Gasteiger partial charge is 0.243 e. The lowest BCUT2D eigenvalue weighted by Crippen LogP contribution is -2.59. The number of nitrogens with zero attached hydrogens (tertiary/aromatic N) is 1. The molecule has 362 valence electrons. The molecule has 2 heterocycles. The summed E-state index contributed by atoms with van der Waals surface area (Å²) >= 11 is 1.48. The topological polar surface area (TPSA) is 360 Å². The Hall–Kier alpha value is -6.49. The van der Waals surface area contributed by atoms with Gasteiger partial charge in [0.1, 0.15) is 36.3 Å². The molecule has 7 atom stereocenters. The van der Waals surface area contributed by atoms with Gasteiger partial charge in [0, 0.05) is 48.3 Å². The van der Waals surface area contributed by atoms with E-state index in [1.807, 2.05) is 44.4 Å². The lowest BCUT2D eigenvalue weighted by molar-refractivity contribution is -0.135. The standard InChI is InChI=1S/C43H65N13O9S/c1-22(2)15-31(41(63)53-30(37(46)59)13-14-66-6)55-42(64)33(17-26-19-47-21-50-26)52-35(58)20-49-43(65)36(23(3)4)56-38(60)24(5)51-40(62)32(54-39(61)28(44)11-12-34(45)57)16-25-18-48-29-10-8-7-9-27(25)29/h7-10,18-19,21-24,28,30-33,36,48H,11-17,20,44H2,1-6H3,(H2,45,57)(H2,46,59)(H,47,50)(H,49,65)(H,51,62)(H,52,58)(H,53,63)(H,54,61)(H,55,64)(H,56,60)/t24-,28-,30+,31-,32-,33-,36-/m0/s1. The fraction of sp³-hybridized carbons (Fsp3) is 0.535. The molecule has 2 aromatic heterocycles. The van der Waals surface area contributed by atoms with Crippen LogP contribution in [-0.2, 0) is 56.0 Å². The molecular formula is C43H65N13O9S. The van der Waals surface area contributed by atoms with Gasteiger partial charge in [0.15, 0.2) is 0 Å². The summed E-state index contributed by atoms with van der Waals surface area (Å²) in [6.45, 7) is 7.79. The van der Waals surface area contributed by atoms with Crippen molar-refractivity contribution in [1.29, 1.82) is 0 Å². The third-order valence-corrected chi connectivity index (χ3v) is 11.1. The average Bonchev–Trinajstić information content (AvgIpc) is 3.93. The molecule has 0 aliphatic heterocycles. The fourth-order valence-electron chi connectivity index (χ4n) is 6.75. The highest BCUT2D eigenvalue weighted by molar-refractivity contribution is 7.98. The van der Waals surface area contributed by atoms with Crippen LogP contribution in [0.2, 0.25) is 0 Å². The molecular weight excluding hydrogens is 875 g/mol. The number of aromatic amines is 2. The number of imidazole rings is 1. The first kappa shape index (κ1) is 53.8. The molecule has 0 fully saturated rings. The maximum Gasteiger partial charge on any atom is 0.243 e. The second-order valence-corrected chi connectivity index (χ2v) is 17.7. The minimum absolute atomic E-state index is 0.00564. The summed E-state index contributed by atoms with van der Waals surface area (Å²) in [4.78, 5) is 128. The molecule has 23 heteroatoms. The van der Waals surface area contributed by atoms with Crippen molar-refractivity contribution in [3.8, 4) is 0 Å². The summed E-state index contributed by atoms with van der Waals surface area (Å²) in [5.74, 6) is -6.41. The third-order valence-electron chi connectivity index (χ3n) is 10.4. The maximum atomic E-state index is 13.8. The van der Waals surface area contributed by atoms with Crippen molar-refractivity contribution in [2.45, 2.75) is 115 Å². The number of rotatable bonds is 28. The van der Waals surface area contributed by atoms with Gasteiger partial charge in [0.05, 0.1) is 18.9 Å². The molecule has 0 aliphatic carbocycles. The van der Waals surface area contributed by atoms with Crippen LogP contribution < -0.4 is 54.4 Å². The van der Waals surface area contributed by atoms with Crippen molar-refractivity contribution in [2.75, 3.05) is 18.6 Å². The number of nitrogens with one attached hydrogen (secondary N) is 9. The fourth-order valence-corrected chi connectivity index (χ4v) is 7.22. The van der Waals surface area contributed by atoms with Gasteiger partial charge in [-0.15, -0.1) is 0 Å². The second-order valence-electron chi connectivity index (χ2n) is 16.8. The van der Waals surface area contributed by atoms with Crippen LogP contribution in [-0.4, -0.2) is 129 Å². The van der Waals surface area contributed by atoms with Crippen LogP contribution in [0.4, 0.5) is 0 Å². The SMILES string of the molecule is CSCC[C@@H](NC(=O)[C@H](CC(C)C)NC(=O)[C@H](Cc1cnc[nH]1)NC(=O)CNC(=O)[C@@H](NC(=O)[C@H](C)NC(=O)[C@H](Cc1c[nH]c2ccccc12)NC(=O)[C@@H](N)CCC(N)=O)C(C)C)C(N)=O. The lowest BCUT2D eigenvalue weighted by Gasteiger charge is -2.26. The number of benzene rings is 1. The van der Waals surface area contributed by atoms with Crippen LogP contribution >= 0.6 is 11.8 Å². The first-order valence-electron chi connectivity index (χ1n) is 21.6. The normalized spacial score (nSPS) is 14.4. The molecule has 3 aromatic rings. The summed E-state index contributed by atoms with van der Waals surface area (Å²) in [6, 6.07) is -0.720. The zero-order valence-corrected chi connectivity index (χ0v) is 39.0. The van der Waals surface area contributed by atoms with E-state index in [1.165, 1.54) is 31.2 Å². The summed E-state index contributed by atoms with van der Waals surface area (Å²) in [6.07, 6.45) is 6.62. The molecule has 66 heavy (non-hydrogen) atoms. The van der Waals surface area contributed by atoms with Crippen LogP contribution in [0.1, 0.15) is 71.6 Å². The molecule has 15 N–H and O–H groups in total. The van der Waals surface area contributed by atoms with Crippen molar-refractivity contribution in [1.82, 2.24) is 52.2 Å². The number of thioether (sulfide) groups is 1. The molecule has 0 saturated carbocycles. The van der Waals surface area contributed by atoms with Crippen LogP contribution in [0.15, 0.2) is 43.0 Å². The van der Waals surface area contributed by atoms with E-state index in [-0.39, 0.29) is 38.0 Å². The number of nitrogens with two attached hydrogens (primary N) is 3. The minimum Gasteiger partial charge on any atom is -0.370 e. The van der Waals surface area contributed by atoms with E-state index in [9.17, 15) is 43.2 Å². The maximum absolute atomic E-state index is 13.8. The Morgan fingerprint density at radius 2 is 1.35 bits per heavy atom. The van der Waals surface area contributed by atoms with Crippen molar-refractivity contribution in [3.05, 3.63) is 54.2 Å². The van der Waals surface area contributed by atoms with Gasteiger partial charge >= 0.3 is 0 Å². The molecule has 0 spiro atoms. The van der Waals surface area contributed by atoms with Gasteiger partial charge in [-0.05, 0) is 61.7 Å². The predicted octanol–water partition coefficient (Wildman–Crippen LogP) is -1.75. The van der Waals surface area contributed by atoms with E-state index < -0.39 is 108 Å². The highest BCUT2D eigenvalue weighted by Gasteiger charge is 2.33. The van der Waals surface area contributed by atoms with Crippen LogP contribution in [0, 0.1) is 11.8 Å². The number of hydrogen-bond donors (Lipinski definition) is 12. The second kappa shape index (κ2) is 26.5. The molecule has 3 rings (SSSR count).